The highest BCUT2D eigenvalue weighted by molar-refractivity contribution is 6.31. The van der Waals surface area contributed by atoms with E-state index in [9.17, 15) is 4.79 Å². The molecule has 0 N–H and O–H groups in total. The van der Waals surface area contributed by atoms with E-state index in [1.807, 2.05) is 72.5 Å². The molecule has 0 saturated carbocycles. The van der Waals surface area contributed by atoms with Crippen LogP contribution in [0.5, 0.6) is 11.5 Å². The van der Waals surface area contributed by atoms with Gasteiger partial charge < -0.3 is 18.9 Å². The summed E-state index contributed by atoms with van der Waals surface area (Å²) in [5.41, 5.74) is 3.85. The Labute approximate surface area is 210 Å². The number of imidazole rings is 1. The molecule has 1 unspecified atom stereocenters. The third-order valence-electron chi connectivity index (χ3n) is 6.49. The number of ether oxygens (including phenoxy) is 2. The smallest absolute Gasteiger partial charge is 0.227 e. The number of para-hydroxylation sites is 4. The van der Waals surface area contributed by atoms with Crippen molar-refractivity contribution in [1.82, 2.24) is 9.55 Å². The minimum absolute atomic E-state index is 0.00474. The number of hydrogen-bond donors (Lipinski definition) is 0. The molecule has 4 aromatic rings. The highest BCUT2D eigenvalue weighted by Gasteiger charge is 2.35. The molecule has 7 heteroatoms. The first-order chi connectivity index (χ1) is 17.0. The average molecular weight is 490 g/mol. The van der Waals surface area contributed by atoms with Crippen LogP contribution in [0.3, 0.4) is 0 Å². The number of carbonyl (C=O) groups is 1. The van der Waals surface area contributed by atoms with Crippen LogP contribution in [-0.2, 0) is 11.3 Å². The summed E-state index contributed by atoms with van der Waals surface area (Å²) in [6.45, 7) is 3.83. The molecule has 6 nitrogen and oxygen atoms in total. The van der Waals surface area contributed by atoms with Crippen molar-refractivity contribution in [2.24, 2.45) is 0 Å². The molecule has 180 valence electrons. The molecule has 1 atom stereocenters. The molecule has 1 amide bonds. The molecule has 1 saturated heterocycles. The summed E-state index contributed by atoms with van der Waals surface area (Å²) in [7, 11) is 1.64. The molecule has 1 fully saturated rings. The van der Waals surface area contributed by atoms with E-state index >= 15 is 0 Å². The van der Waals surface area contributed by atoms with Crippen LogP contribution >= 0.6 is 11.6 Å². The van der Waals surface area contributed by atoms with Crippen LogP contribution in [0, 0.1) is 6.92 Å². The molecule has 1 aromatic heterocycles. The number of methoxy groups -OCH3 is 1. The lowest BCUT2D eigenvalue weighted by Gasteiger charge is -2.18. The van der Waals surface area contributed by atoms with Crippen molar-refractivity contribution >= 4 is 34.2 Å². The number of hydrogen-bond acceptors (Lipinski definition) is 4. The molecule has 0 bridgehead atoms. The number of aromatic nitrogens is 2. The minimum atomic E-state index is 0.00474. The van der Waals surface area contributed by atoms with E-state index in [0.29, 0.717) is 24.6 Å². The molecular weight excluding hydrogens is 462 g/mol. The summed E-state index contributed by atoms with van der Waals surface area (Å²) in [5.74, 6) is 2.50. The van der Waals surface area contributed by atoms with Gasteiger partial charge in [0.15, 0.2) is 11.5 Å². The van der Waals surface area contributed by atoms with E-state index in [2.05, 4.69) is 10.6 Å². The second-order valence-electron chi connectivity index (χ2n) is 8.80. The Bertz CT molecular complexity index is 1370. The van der Waals surface area contributed by atoms with E-state index < -0.39 is 0 Å². The molecule has 0 aliphatic carbocycles. The summed E-state index contributed by atoms with van der Waals surface area (Å²) < 4.78 is 13.6. The number of fused-ring (bicyclic) bond motifs is 1. The van der Waals surface area contributed by atoms with Gasteiger partial charge in [-0.2, -0.15) is 0 Å². The lowest BCUT2D eigenvalue weighted by molar-refractivity contribution is -0.117. The predicted molar refractivity (Wildman–Crippen MR) is 139 cm³/mol. The van der Waals surface area contributed by atoms with Gasteiger partial charge in [-0.3, -0.25) is 4.79 Å². The van der Waals surface area contributed by atoms with Crippen LogP contribution < -0.4 is 14.4 Å². The molecule has 1 aliphatic rings. The molecule has 0 spiro atoms. The number of amides is 1. The Morgan fingerprint density at radius 2 is 1.83 bits per heavy atom. The van der Waals surface area contributed by atoms with E-state index in [1.165, 1.54) is 0 Å². The first kappa shape index (κ1) is 23.2. The number of anilines is 1. The van der Waals surface area contributed by atoms with Crippen LogP contribution in [-0.4, -0.2) is 35.7 Å². The van der Waals surface area contributed by atoms with Crippen molar-refractivity contribution < 1.29 is 14.3 Å². The molecule has 0 radical (unpaired) electrons. The van der Waals surface area contributed by atoms with Crippen molar-refractivity contribution in [3.63, 3.8) is 0 Å². The third kappa shape index (κ3) is 4.71. The van der Waals surface area contributed by atoms with Gasteiger partial charge in [-0.15, -0.1) is 0 Å². The highest BCUT2D eigenvalue weighted by Crippen LogP contribution is 2.35. The zero-order valence-electron chi connectivity index (χ0n) is 19.9. The summed E-state index contributed by atoms with van der Waals surface area (Å²) in [5, 5.41) is 0.668. The van der Waals surface area contributed by atoms with Gasteiger partial charge in [0.25, 0.3) is 0 Å². The second kappa shape index (κ2) is 10.0. The third-order valence-corrected chi connectivity index (χ3v) is 6.90. The standard InChI is InChI=1S/C28H28ClN3O3/c1-19-12-13-21(17-22(19)29)32-18-20(16-27(32)33)28-30-23-8-3-4-9-24(23)31(28)14-7-15-35-26-11-6-5-10-25(26)34-2/h3-6,8-13,17,20H,7,14-16,18H2,1-2H3. The zero-order chi connectivity index (χ0) is 24.4. The van der Waals surface area contributed by atoms with E-state index in [-0.39, 0.29) is 11.8 Å². The normalized spacial score (nSPS) is 15.7. The number of nitrogens with zero attached hydrogens (tertiary/aromatic N) is 3. The molecule has 2 heterocycles. The lowest BCUT2D eigenvalue weighted by Crippen LogP contribution is -2.24. The van der Waals surface area contributed by atoms with Gasteiger partial charge in [0.2, 0.25) is 5.91 Å². The minimum Gasteiger partial charge on any atom is -0.493 e. The highest BCUT2D eigenvalue weighted by atomic mass is 35.5. The second-order valence-corrected chi connectivity index (χ2v) is 9.21. The van der Waals surface area contributed by atoms with Crippen LogP contribution in [0.15, 0.2) is 66.7 Å². The summed E-state index contributed by atoms with van der Waals surface area (Å²) >= 11 is 6.33. The maximum absolute atomic E-state index is 13.0. The number of benzene rings is 3. The summed E-state index contributed by atoms with van der Waals surface area (Å²) in [6.07, 6.45) is 1.22. The maximum Gasteiger partial charge on any atom is 0.227 e. The van der Waals surface area contributed by atoms with Gasteiger partial charge in [-0.1, -0.05) is 41.9 Å². The Kier molecular flexibility index (Phi) is 6.64. The monoisotopic (exact) mass is 489 g/mol. The van der Waals surface area contributed by atoms with Crippen LogP contribution in [0.25, 0.3) is 11.0 Å². The van der Waals surface area contributed by atoms with Crippen molar-refractivity contribution in [2.45, 2.75) is 32.2 Å². The predicted octanol–water partition coefficient (Wildman–Crippen LogP) is 6.00. The maximum atomic E-state index is 13.0. The molecular formula is C28H28ClN3O3. The number of carbonyl (C=O) groups excluding carboxylic acids is 1. The zero-order valence-corrected chi connectivity index (χ0v) is 20.7. The van der Waals surface area contributed by atoms with Gasteiger partial charge in [0, 0.05) is 36.1 Å². The molecule has 1 aliphatic heterocycles. The first-order valence-electron chi connectivity index (χ1n) is 11.8. The Morgan fingerprint density at radius 3 is 2.63 bits per heavy atom. The number of halogens is 1. The van der Waals surface area contributed by atoms with Crippen molar-refractivity contribution in [1.29, 1.82) is 0 Å². The van der Waals surface area contributed by atoms with Crippen LogP contribution in [0.1, 0.15) is 30.1 Å². The molecule has 35 heavy (non-hydrogen) atoms. The number of aryl methyl sites for hydroxylation is 2. The fraction of sp³-hybridized carbons (Fsp3) is 0.286. The molecule has 5 rings (SSSR count). The Balaban J connectivity index is 1.35. The SMILES string of the molecule is COc1ccccc1OCCCn1c(C2CC(=O)N(c3ccc(C)c(Cl)c3)C2)nc2ccccc21. The van der Waals surface area contributed by atoms with Crippen LogP contribution in [0.2, 0.25) is 5.02 Å². The van der Waals surface area contributed by atoms with Crippen molar-refractivity contribution in [2.75, 3.05) is 25.2 Å². The Morgan fingerprint density at radius 1 is 1.06 bits per heavy atom. The van der Waals surface area contributed by atoms with Crippen molar-refractivity contribution in [3.8, 4) is 11.5 Å². The first-order valence-corrected chi connectivity index (χ1v) is 12.2. The quantitative estimate of drug-likeness (QED) is 0.285. The Hall–Kier alpha value is -3.51. The van der Waals surface area contributed by atoms with Gasteiger partial charge in [0.05, 0.1) is 24.8 Å². The molecule has 3 aromatic carbocycles. The fourth-order valence-electron chi connectivity index (χ4n) is 4.66. The topological polar surface area (TPSA) is 56.6 Å². The van der Waals surface area contributed by atoms with E-state index in [1.54, 1.807) is 7.11 Å². The lowest BCUT2D eigenvalue weighted by atomic mass is 10.1. The fourth-order valence-corrected chi connectivity index (χ4v) is 4.84. The van der Waals surface area contributed by atoms with Gasteiger partial charge in [-0.05, 0) is 55.3 Å². The van der Waals surface area contributed by atoms with E-state index in [4.69, 9.17) is 26.1 Å². The van der Waals surface area contributed by atoms with Gasteiger partial charge >= 0.3 is 0 Å². The number of rotatable bonds is 8. The average Bonchev–Trinajstić information content (AvgIpc) is 3.44. The summed E-state index contributed by atoms with van der Waals surface area (Å²) in [4.78, 5) is 19.7. The van der Waals surface area contributed by atoms with Gasteiger partial charge in [-0.25, -0.2) is 4.98 Å². The van der Waals surface area contributed by atoms with Crippen molar-refractivity contribution in [3.05, 3.63) is 83.1 Å². The summed E-state index contributed by atoms with van der Waals surface area (Å²) in [6, 6.07) is 21.6. The van der Waals surface area contributed by atoms with E-state index in [0.717, 1.165) is 52.6 Å². The van der Waals surface area contributed by atoms with Crippen LogP contribution in [0.4, 0.5) is 5.69 Å². The largest absolute Gasteiger partial charge is 0.493 e. The van der Waals surface area contributed by atoms with Gasteiger partial charge in [0.1, 0.15) is 5.82 Å².